The molecule has 0 fully saturated rings. The average Bonchev–Trinajstić information content (AvgIpc) is 2.90. The minimum atomic E-state index is -0.0939. The number of amides is 1. The van der Waals surface area contributed by atoms with Crippen molar-refractivity contribution in [3.8, 4) is 0 Å². The number of nitrogens with zero attached hydrogens (tertiary/aromatic N) is 1. The fourth-order valence-corrected chi connectivity index (χ4v) is 2.74. The van der Waals surface area contributed by atoms with Crippen molar-refractivity contribution < 1.29 is 4.79 Å². The van der Waals surface area contributed by atoms with Crippen molar-refractivity contribution in [3.63, 3.8) is 0 Å². The first-order valence-corrected chi connectivity index (χ1v) is 7.23. The van der Waals surface area contributed by atoms with Crippen LogP contribution >= 0.6 is 11.3 Å². The second kappa shape index (κ2) is 5.06. The van der Waals surface area contributed by atoms with Gasteiger partial charge in [-0.05, 0) is 55.3 Å². The Morgan fingerprint density at radius 1 is 1.10 bits per heavy atom. The number of anilines is 1. The van der Waals surface area contributed by atoms with Gasteiger partial charge in [0.15, 0.2) is 0 Å². The third-order valence-corrected chi connectivity index (χ3v) is 4.15. The molecule has 3 aromatic rings. The molecular formula is C16H14N2OS. The quantitative estimate of drug-likeness (QED) is 0.766. The molecule has 0 saturated heterocycles. The van der Waals surface area contributed by atoms with Gasteiger partial charge in [0.05, 0.1) is 15.7 Å². The topological polar surface area (TPSA) is 42.0 Å². The number of carbonyl (C=O) groups excluding carboxylic acids is 1. The third-order valence-electron chi connectivity index (χ3n) is 3.36. The molecule has 1 heterocycles. The smallest absolute Gasteiger partial charge is 0.255 e. The molecule has 0 saturated carbocycles. The van der Waals surface area contributed by atoms with Gasteiger partial charge in [-0.2, -0.15) is 0 Å². The molecule has 3 nitrogen and oxygen atoms in total. The molecule has 0 aliphatic heterocycles. The van der Waals surface area contributed by atoms with Crippen LogP contribution in [0.5, 0.6) is 0 Å². The molecule has 0 unspecified atom stereocenters. The summed E-state index contributed by atoms with van der Waals surface area (Å²) in [7, 11) is 0. The van der Waals surface area contributed by atoms with Crippen LogP contribution in [0.25, 0.3) is 10.2 Å². The Morgan fingerprint density at radius 2 is 1.95 bits per heavy atom. The zero-order chi connectivity index (χ0) is 14.1. The van der Waals surface area contributed by atoms with Crippen molar-refractivity contribution in [2.24, 2.45) is 0 Å². The van der Waals surface area contributed by atoms with Crippen LogP contribution in [0.2, 0.25) is 0 Å². The highest BCUT2D eigenvalue weighted by Crippen LogP contribution is 2.20. The lowest BCUT2D eigenvalue weighted by atomic mass is 10.1. The Morgan fingerprint density at radius 3 is 2.75 bits per heavy atom. The molecule has 0 radical (unpaired) electrons. The van der Waals surface area contributed by atoms with Gasteiger partial charge in [-0.1, -0.05) is 6.07 Å². The summed E-state index contributed by atoms with van der Waals surface area (Å²) < 4.78 is 1.03. The van der Waals surface area contributed by atoms with E-state index in [-0.39, 0.29) is 5.91 Å². The number of aryl methyl sites for hydroxylation is 2. The van der Waals surface area contributed by atoms with Crippen LogP contribution in [-0.4, -0.2) is 10.9 Å². The van der Waals surface area contributed by atoms with Crippen molar-refractivity contribution in [1.82, 2.24) is 4.98 Å². The Hall–Kier alpha value is -2.20. The van der Waals surface area contributed by atoms with E-state index >= 15 is 0 Å². The van der Waals surface area contributed by atoms with Gasteiger partial charge in [-0.3, -0.25) is 4.79 Å². The first-order chi connectivity index (χ1) is 9.63. The maximum absolute atomic E-state index is 12.2. The zero-order valence-electron chi connectivity index (χ0n) is 11.3. The van der Waals surface area contributed by atoms with Gasteiger partial charge in [0.2, 0.25) is 0 Å². The van der Waals surface area contributed by atoms with E-state index in [2.05, 4.69) is 17.2 Å². The first kappa shape index (κ1) is 12.8. The predicted molar refractivity (Wildman–Crippen MR) is 83.5 cm³/mol. The summed E-state index contributed by atoms with van der Waals surface area (Å²) in [5, 5.41) is 2.93. The zero-order valence-corrected chi connectivity index (χ0v) is 12.1. The van der Waals surface area contributed by atoms with Gasteiger partial charge in [0.1, 0.15) is 0 Å². The summed E-state index contributed by atoms with van der Waals surface area (Å²) in [5.74, 6) is -0.0939. The molecule has 0 spiro atoms. The molecule has 1 N–H and O–H groups in total. The standard InChI is InChI=1S/C16H14N2OS/c1-10-3-5-13(7-11(10)2)18-16(19)12-4-6-14-15(8-12)20-9-17-14/h3-9H,1-2H3,(H,18,19). The second-order valence-electron chi connectivity index (χ2n) is 4.79. The molecule has 0 aliphatic rings. The van der Waals surface area contributed by atoms with Crippen molar-refractivity contribution in [1.29, 1.82) is 0 Å². The van der Waals surface area contributed by atoms with E-state index in [4.69, 9.17) is 0 Å². The lowest BCUT2D eigenvalue weighted by Gasteiger charge is -2.07. The number of fused-ring (bicyclic) bond motifs is 1. The summed E-state index contributed by atoms with van der Waals surface area (Å²) in [6, 6.07) is 11.5. The van der Waals surface area contributed by atoms with E-state index in [0.29, 0.717) is 5.56 Å². The van der Waals surface area contributed by atoms with Crippen LogP contribution in [0.1, 0.15) is 21.5 Å². The SMILES string of the molecule is Cc1ccc(NC(=O)c2ccc3ncsc3c2)cc1C. The summed E-state index contributed by atoms with van der Waals surface area (Å²) in [4.78, 5) is 16.5. The Kier molecular flexibility index (Phi) is 3.24. The third kappa shape index (κ3) is 2.42. The van der Waals surface area contributed by atoms with E-state index in [1.807, 2.05) is 37.3 Å². The number of hydrogen-bond donors (Lipinski definition) is 1. The second-order valence-corrected chi connectivity index (χ2v) is 5.67. The van der Waals surface area contributed by atoms with E-state index < -0.39 is 0 Å². The van der Waals surface area contributed by atoms with E-state index in [1.165, 1.54) is 22.5 Å². The van der Waals surface area contributed by atoms with Crippen molar-refractivity contribution in [2.45, 2.75) is 13.8 Å². The van der Waals surface area contributed by atoms with Crippen LogP contribution in [0.4, 0.5) is 5.69 Å². The van der Waals surface area contributed by atoms with E-state index in [0.717, 1.165) is 15.9 Å². The molecule has 2 aromatic carbocycles. The largest absolute Gasteiger partial charge is 0.322 e. The molecule has 0 aliphatic carbocycles. The lowest BCUT2D eigenvalue weighted by Crippen LogP contribution is -2.11. The van der Waals surface area contributed by atoms with Gasteiger partial charge < -0.3 is 5.32 Å². The Bertz CT molecular complexity index is 792. The number of aromatic nitrogens is 1. The van der Waals surface area contributed by atoms with Crippen molar-refractivity contribution in [2.75, 3.05) is 5.32 Å². The van der Waals surface area contributed by atoms with Crippen LogP contribution in [0, 0.1) is 13.8 Å². The number of nitrogens with one attached hydrogen (secondary N) is 1. The maximum Gasteiger partial charge on any atom is 0.255 e. The predicted octanol–water partition coefficient (Wildman–Crippen LogP) is 4.17. The van der Waals surface area contributed by atoms with Crippen molar-refractivity contribution in [3.05, 3.63) is 58.6 Å². The number of hydrogen-bond acceptors (Lipinski definition) is 3. The summed E-state index contributed by atoms with van der Waals surface area (Å²) in [6.45, 7) is 4.09. The van der Waals surface area contributed by atoms with Gasteiger partial charge in [0, 0.05) is 11.3 Å². The molecule has 1 aromatic heterocycles. The van der Waals surface area contributed by atoms with Crippen molar-refractivity contribution >= 4 is 33.1 Å². The molecule has 0 bridgehead atoms. The fourth-order valence-electron chi connectivity index (χ4n) is 2.02. The Labute approximate surface area is 121 Å². The normalized spacial score (nSPS) is 10.7. The molecule has 100 valence electrons. The highest BCUT2D eigenvalue weighted by Gasteiger charge is 2.08. The van der Waals surface area contributed by atoms with Crippen LogP contribution in [-0.2, 0) is 0 Å². The molecular weight excluding hydrogens is 268 g/mol. The molecule has 20 heavy (non-hydrogen) atoms. The lowest BCUT2D eigenvalue weighted by molar-refractivity contribution is 0.102. The average molecular weight is 282 g/mol. The monoisotopic (exact) mass is 282 g/mol. The highest BCUT2D eigenvalue weighted by atomic mass is 32.1. The van der Waals surface area contributed by atoms with E-state index in [9.17, 15) is 4.79 Å². The Balaban J connectivity index is 1.86. The minimum Gasteiger partial charge on any atom is -0.322 e. The summed E-state index contributed by atoms with van der Waals surface area (Å²) >= 11 is 1.54. The molecule has 1 amide bonds. The fraction of sp³-hybridized carbons (Fsp3) is 0.125. The number of carbonyl (C=O) groups is 1. The van der Waals surface area contributed by atoms with Crippen LogP contribution < -0.4 is 5.32 Å². The first-order valence-electron chi connectivity index (χ1n) is 6.35. The van der Waals surface area contributed by atoms with Crippen LogP contribution in [0.15, 0.2) is 41.9 Å². The molecule has 0 atom stereocenters. The molecule has 4 heteroatoms. The van der Waals surface area contributed by atoms with E-state index in [1.54, 1.807) is 11.6 Å². The number of benzene rings is 2. The van der Waals surface area contributed by atoms with Gasteiger partial charge >= 0.3 is 0 Å². The summed E-state index contributed by atoms with van der Waals surface area (Å²) in [6.07, 6.45) is 0. The van der Waals surface area contributed by atoms with Gasteiger partial charge in [0.25, 0.3) is 5.91 Å². The number of thiazole rings is 1. The highest BCUT2D eigenvalue weighted by molar-refractivity contribution is 7.16. The molecule has 3 rings (SSSR count). The summed E-state index contributed by atoms with van der Waals surface area (Å²) in [5.41, 5.74) is 6.57. The van der Waals surface area contributed by atoms with Gasteiger partial charge in [-0.15, -0.1) is 11.3 Å². The number of rotatable bonds is 2. The minimum absolute atomic E-state index is 0.0939. The van der Waals surface area contributed by atoms with Crippen LogP contribution in [0.3, 0.4) is 0 Å². The van der Waals surface area contributed by atoms with Gasteiger partial charge in [-0.25, -0.2) is 4.98 Å². The maximum atomic E-state index is 12.2.